The summed E-state index contributed by atoms with van der Waals surface area (Å²) < 4.78 is 1.18. The van der Waals surface area contributed by atoms with Crippen LogP contribution in [-0.2, 0) is 6.42 Å². The second-order valence-corrected chi connectivity index (χ2v) is 6.77. The zero-order valence-corrected chi connectivity index (χ0v) is 12.6. The van der Waals surface area contributed by atoms with E-state index in [0.717, 1.165) is 13.0 Å². The normalized spacial score (nSPS) is 12.6. The minimum absolute atomic E-state index is 0.300. The maximum Gasteiger partial charge on any atom is 0.115 e. The van der Waals surface area contributed by atoms with Gasteiger partial charge in [-0.15, -0.1) is 11.3 Å². The molecule has 0 aliphatic rings. The zero-order chi connectivity index (χ0) is 13.0. The summed E-state index contributed by atoms with van der Waals surface area (Å²) in [7, 11) is 0. The van der Waals surface area contributed by atoms with E-state index in [-0.39, 0.29) is 0 Å². The second-order valence-electron chi connectivity index (χ2n) is 4.22. The molecule has 0 aliphatic heterocycles. The maximum absolute atomic E-state index is 9.24. The van der Waals surface area contributed by atoms with E-state index in [1.165, 1.54) is 14.2 Å². The van der Waals surface area contributed by atoms with Gasteiger partial charge in [-0.05, 0) is 59.1 Å². The third-order valence-electron chi connectivity index (χ3n) is 2.84. The predicted octanol–water partition coefficient (Wildman–Crippen LogP) is 4.11. The van der Waals surface area contributed by atoms with E-state index in [0.29, 0.717) is 11.8 Å². The summed E-state index contributed by atoms with van der Waals surface area (Å²) in [6.07, 6.45) is 1.04. The van der Waals surface area contributed by atoms with Crippen molar-refractivity contribution in [3.8, 4) is 5.75 Å². The molecule has 96 valence electrons. The van der Waals surface area contributed by atoms with Gasteiger partial charge in [0.2, 0.25) is 0 Å². The van der Waals surface area contributed by atoms with Crippen LogP contribution in [0.5, 0.6) is 5.75 Å². The van der Waals surface area contributed by atoms with Crippen molar-refractivity contribution in [1.29, 1.82) is 0 Å². The van der Waals surface area contributed by atoms with Gasteiger partial charge in [-0.3, -0.25) is 0 Å². The molecule has 2 rings (SSSR count). The van der Waals surface area contributed by atoms with Crippen LogP contribution < -0.4 is 5.32 Å². The highest BCUT2D eigenvalue weighted by Crippen LogP contribution is 2.22. The van der Waals surface area contributed by atoms with Gasteiger partial charge in [-0.2, -0.15) is 0 Å². The quantitative estimate of drug-likeness (QED) is 0.867. The SMILES string of the molecule is CC(NCCc1ccc(Br)s1)c1ccc(O)cc1. The summed E-state index contributed by atoms with van der Waals surface area (Å²) in [6, 6.07) is 11.9. The molecule has 0 amide bonds. The molecule has 18 heavy (non-hydrogen) atoms. The minimum Gasteiger partial charge on any atom is -0.508 e. The summed E-state index contributed by atoms with van der Waals surface area (Å²) in [5, 5.41) is 12.7. The molecule has 0 aliphatic carbocycles. The third kappa shape index (κ3) is 3.83. The molecule has 2 N–H and O–H groups in total. The fourth-order valence-corrected chi connectivity index (χ4v) is 3.26. The van der Waals surface area contributed by atoms with Crippen LogP contribution in [0.25, 0.3) is 0 Å². The van der Waals surface area contributed by atoms with Gasteiger partial charge in [0.15, 0.2) is 0 Å². The Bertz CT molecular complexity index is 495. The molecule has 1 atom stereocenters. The van der Waals surface area contributed by atoms with Gasteiger partial charge in [-0.25, -0.2) is 0 Å². The lowest BCUT2D eigenvalue weighted by molar-refractivity contribution is 0.474. The number of phenolic OH excluding ortho intramolecular Hbond substituents is 1. The second kappa shape index (κ2) is 6.36. The van der Waals surface area contributed by atoms with Crippen molar-refractivity contribution in [2.75, 3.05) is 6.54 Å². The lowest BCUT2D eigenvalue weighted by Gasteiger charge is -2.13. The van der Waals surface area contributed by atoms with E-state index in [1.807, 2.05) is 12.1 Å². The van der Waals surface area contributed by atoms with E-state index in [2.05, 4.69) is 40.3 Å². The highest BCUT2D eigenvalue weighted by molar-refractivity contribution is 9.11. The highest BCUT2D eigenvalue weighted by atomic mass is 79.9. The van der Waals surface area contributed by atoms with Gasteiger partial charge in [0.25, 0.3) is 0 Å². The van der Waals surface area contributed by atoms with E-state index in [4.69, 9.17) is 0 Å². The molecule has 4 heteroatoms. The molecular weight excluding hydrogens is 310 g/mol. The standard InChI is InChI=1S/C14H16BrNOS/c1-10(11-2-4-12(17)5-3-11)16-9-8-13-6-7-14(15)18-13/h2-7,10,16-17H,8-9H2,1H3. The number of hydrogen-bond donors (Lipinski definition) is 2. The topological polar surface area (TPSA) is 32.3 Å². The highest BCUT2D eigenvalue weighted by Gasteiger charge is 2.05. The molecule has 0 spiro atoms. The van der Waals surface area contributed by atoms with Gasteiger partial charge >= 0.3 is 0 Å². The summed E-state index contributed by atoms with van der Waals surface area (Å²) in [5.74, 6) is 0.314. The molecule has 1 unspecified atom stereocenters. The van der Waals surface area contributed by atoms with Crippen molar-refractivity contribution in [3.63, 3.8) is 0 Å². The molecule has 2 aromatic rings. The number of nitrogens with one attached hydrogen (secondary N) is 1. The van der Waals surface area contributed by atoms with Gasteiger partial charge in [-0.1, -0.05) is 12.1 Å². The molecule has 0 fully saturated rings. The van der Waals surface area contributed by atoms with Crippen LogP contribution in [0.15, 0.2) is 40.2 Å². The Morgan fingerprint density at radius 1 is 1.22 bits per heavy atom. The summed E-state index contributed by atoms with van der Waals surface area (Å²) in [5.41, 5.74) is 1.19. The van der Waals surface area contributed by atoms with Crippen molar-refractivity contribution in [3.05, 3.63) is 50.6 Å². The first-order chi connectivity index (χ1) is 8.65. The first kappa shape index (κ1) is 13.6. The molecule has 2 nitrogen and oxygen atoms in total. The first-order valence-corrected chi connectivity index (χ1v) is 7.52. The van der Waals surface area contributed by atoms with Gasteiger partial charge in [0, 0.05) is 17.5 Å². The Hall–Kier alpha value is -0.840. The van der Waals surface area contributed by atoms with Crippen LogP contribution in [-0.4, -0.2) is 11.7 Å². The van der Waals surface area contributed by atoms with E-state index in [9.17, 15) is 5.11 Å². The van der Waals surface area contributed by atoms with E-state index < -0.39 is 0 Å². The Morgan fingerprint density at radius 3 is 2.56 bits per heavy atom. The molecule has 1 aromatic carbocycles. The Balaban J connectivity index is 1.81. The van der Waals surface area contributed by atoms with Crippen molar-refractivity contribution in [1.82, 2.24) is 5.32 Å². The van der Waals surface area contributed by atoms with Crippen LogP contribution in [0, 0.1) is 0 Å². The smallest absolute Gasteiger partial charge is 0.115 e. The zero-order valence-electron chi connectivity index (χ0n) is 10.2. The average Bonchev–Trinajstić information content (AvgIpc) is 2.76. The summed E-state index contributed by atoms with van der Waals surface area (Å²) in [6.45, 7) is 3.09. The largest absolute Gasteiger partial charge is 0.508 e. The molecule has 0 saturated carbocycles. The van der Waals surface area contributed by atoms with Crippen LogP contribution in [0.4, 0.5) is 0 Å². The van der Waals surface area contributed by atoms with Gasteiger partial charge in [0.1, 0.15) is 5.75 Å². The lowest BCUT2D eigenvalue weighted by Crippen LogP contribution is -2.20. The maximum atomic E-state index is 9.24. The van der Waals surface area contributed by atoms with Crippen LogP contribution in [0.3, 0.4) is 0 Å². The number of thiophene rings is 1. The number of halogens is 1. The average molecular weight is 326 g/mol. The summed E-state index contributed by atoms with van der Waals surface area (Å²) in [4.78, 5) is 1.38. The fourth-order valence-electron chi connectivity index (χ4n) is 1.78. The van der Waals surface area contributed by atoms with Crippen molar-refractivity contribution in [2.24, 2.45) is 0 Å². The fraction of sp³-hybridized carbons (Fsp3) is 0.286. The van der Waals surface area contributed by atoms with Crippen molar-refractivity contribution >= 4 is 27.3 Å². The van der Waals surface area contributed by atoms with Gasteiger partial charge < -0.3 is 10.4 Å². The molecular formula is C14H16BrNOS. The predicted molar refractivity (Wildman–Crippen MR) is 80.2 cm³/mol. The molecule has 1 aromatic heterocycles. The Morgan fingerprint density at radius 2 is 1.94 bits per heavy atom. The monoisotopic (exact) mass is 325 g/mol. The number of benzene rings is 1. The first-order valence-electron chi connectivity index (χ1n) is 5.91. The van der Waals surface area contributed by atoms with Crippen LogP contribution in [0.2, 0.25) is 0 Å². The molecule has 0 saturated heterocycles. The minimum atomic E-state index is 0.300. The number of rotatable bonds is 5. The number of aromatic hydroxyl groups is 1. The molecule has 0 radical (unpaired) electrons. The Kier molecular flexibility index (Phi) is 4.80. The van der Waals surface area contributed by atoms with Gasteiger partial charge in [0.05, 0.1) is 3.79 Å². The van der Waals surface area contributed by atoms with E-state index in [1.54, 1.807) is 23.5 Å². The van der Waals surface area contributed by atoms with Crippen LogP contribution >= 0.6 is 27.3 Å². The van der Waals surface area contributed by atoms with E-state index >= 15 is 0 Å². The molecule has 0 bridgehead atoms. The van der Waals surface area contributed by atoms with Crippen molar-refractivity contribution < 1.29 is 5.11 Å². The molecule has 1 heterocycles. The Labute approximate surface area is 120 Å². The van der Waals surface area contributed by atoms with Crippen molar-refractivity contribution in [2.45, 2.75) is 19.4 Å². The number of hydrogen-bond acceptors (Lipinski definition) is 3. The van der Waals surface area contributed by atoms with Crippen LogP contribution in [0.1, 0.15) is 23.4 Å². The number of phenols is 1. The lowest BCUT2D eigenvalue weighted by atomic mass is 10.1. The summed E-state index contributed by atoms with van der Waals surface area (Å²) >= 11 is 5.25. The third-order valence-corrected chi connectivity index (χ3v) is 4.53.